The number of hydrogen-bond donors (Lipinski definition) is 1. The van der Waals surface area contributed by atoms with Crippen LogP contribution in [0, 0.1) is 0 Å². The van der Waals surface area contributed by atoms with E-state index in [0.29, 0.717) is 12.0 Å². The molecule has 1 N–H and O–H groups in total. The van der Waals surface area contributed by atoms with Gasteiger partial charge in [-0.15, -0.1) is 0 Å². The summed E-state index contributed by atoms with van der Waals surface area (Å²) in [5.41, 5.74) is 2.63. The zero-order chi connectivity index (χ0) is 12.1. The first-order chi connectivity index (χ1) is 7.50. The zero-order valence-corrected chi connectivity index (χ0v) is 9.90. The van der Waals surface area contributed by atoms with Crippen molar-refractivity contribution in [3.63, 3.8) is 0 Å². The molecule has 0 unspecified atom stereocenters. The second kappa shape index (κ2) is 5.35. The summed E-state index contributed by atoms with van der Waals surface area (Å²) in [5, 5.41) is 8.73. The van der Waals surface area contributed by atoms with Crippen LogP contribution in [0.2, 0.25) is 0 Å². The molecular weight excluding hydrogens is 202 g/mol. The number of rotatable bonds is 4. The molecule has 0 amide bonds. The van der Waals surface area contributed by atoms with Crippen LogP contribution in [-0.4, -0.2) is 25.2 Å². The van der Waals surface area contributed by atoms with E-state index in [9.17, 15) is 4.79 Å². The van der Waals surface area contributed by atoms with Gasteiger partial charge in [0.15, 0.2) is 0 Å². The molecule has 0 bridgehead atoms. The van der Waals surface area contributed by atoms with Crippen LogP contribution in [0.25, 0.3) is 0 Å². The number of carboxylic acids is 1. The third-order valence-corrected chi connectivity index (χ3v) is 2.41. The maximum absolute atomic E-state index is 10.6. The molecule has 0 aliphatic carbocycles. The Hall–Kier alpha value is -1.77. The minimum atomic E-state index is -0.858. The Balaban J connectivity index is 2.79. The highest BCUT2D eigenvalue weighted by Crippen LogP contribution is 2.14. The van der Waals surface area contributed by atoms with E-state index < -0.39 is 5.97 Å². The molecule has 0 aliphatic rings. The van der Waals surface area contributed by atoms with E-state index in [0.717, 1.165) is 11.3 Å². The van der Waals surface area contributed by atoms with E-state index in [1.165, 1.54) is 0 Å². The van der Waals surface area contributed by atoms with Crippen molar-refractivity contribution in [2.24, 2.45) is 0 Å². The van der Waals surface area contributed by atoms with Gasteiger partial charge in [0.2, 0.25) is 0 Å². The summed E-state index contributed by atoms with van der Waals surface area (Å²) in [6.45, 7) is 1.61. The zero-order valence-electron chi connectivity index (χ0n) is 9.90. The number of carboxylic acid groups (broad SMARTS) is 1. The lowest BCUT2D eigenvalue weighted by Crippen LogP contribution is -2.08. The second-order valence-corrected chi connectivity index (χ2v) is 3.96. The second-order valence-electron chi connectivity index (χ2n) is 3.96. The average Bonchev–Trinajstić information content (AvgIpc) is 2.26. The highest BCUT2D eigenvalue weighted by atomic mass is 16.4. The number of hydrogen-bond acceptors (Lipinski definition) is 2. The van der Waals surface area contributed by atoms with Crippen LogP contribution in [0.4, 0.5) is 5.69 Å². The average molecular weight is 219 g/mol. The minimum absolute atomic E-state index is 0.384. The van der Waals surface area contributed by atoms with Crippen molar-refractivity contribution in [1.29, 1.82) is 0 Å². The van der Waals surface area contributed by atoms with E-state index in [1.807, 2.05) is 37.2 Å². The van der Waals surface area contributed by atoms with Gasteiger partial charge in [-0.25, -0.2) is 4.79 Å². The number of allylic oxidation sites excluding steroid dienone is 1. The van der Waals surface area contributed by atoms with Crippen LogP contribution in [-0.2, 0) is 11.2 Å². The number of anilines is 1. The SMILES string of the molecule is C/C(=C\Cc1cccc(N(C)C)c1)C(=O)O. The van der Waals surface area contributed by atoms with Gasteiger partial charge >= 0.3 is 5.97 Å². The Labute approximate surface area is 96.0 Å². The first-order valence-electron chi connectivity index (χ1n) is 5.17. The molecule has 1 aromatic rings. The molecule has 1 aromatic carbocycles. The summed E-state index contributed by atoms with van der Waals surface area (Å²) in [6.07, 6.45) is 2.39. The molecule has 86 valence electrons. The van der Waals surface area contributed by atoms with Crippen LogP contribution < -0.4 is 4.90 Å². The molecule has 1 rings (SSSR count). The van der Waals surface area contributed by atoms with E-state index in [4.69, 9.17) is 5.11 Å². The van der Waals surface area contributed by atoms with Gasteiger partial charge in [-0.1, -0.05) is 18.2 Å². The van der Waals surface area contributed by atoms with Crippen molar-refractivity contribution in [3.05, 3.63) is 41.5 Å². The molecule has 0 aromatic heterocycles. The quantitative estimate of drug-likeness (QED) is 0.790. The molecule has 16 heavy (non-hydrogen) atoms. The maximum Gasteiger partial charge on any atom is 0.330 e. The highest BCUT2D eigenvalue weighted by molar-refractivity contribution is 5.85. The maximum atomic E-state index is 10.6. The molecule has 3 heteroatoms. The lowest BCUT2D eigenvalue weighted by atomic mass is 10.1. The molecular formula is C13H17NO2. The van der Waals surface area contributed by atoms with Crippen LogP contribution in [0.1, 0.15) is 12.5 Å². The number of carbonyl (C=O) groups is 1. The van der Waals surface area contributed by atoms with Gasteiger partial charge in [-0.05, 0) is 31.0 Å². The van der Waals surface area contributed by atoms with Crippen molar-refractivity contribution >= 4 is 11.7 Å². The Morgan fingerprint density at radius 1 is 1.44 bits per heavy atom. The molecule has 0 saturated carbocycles. The van der Waals surface area contributed by atoms with Crippen molar-refractivity contribution in [2.75, 3.05) is 19.0 Å². The summed E-state index contributed by atoms with van der Waals surface area (Å²) >= 11 is 0. The molecule has 0 atom stereocenters. The van der Waals surface area contributed by atoms with Crippen LogP contribution in [0.3, 0.4) is 0 Å². The van der Waals surface area contributed by atoms with E-state index >= 15 is 0 Å². The standard InChI is InChI=1S/C13H17NO2/c1-10(13(15)16)7-8-11-5-4-6-12(9-11)14(2)3/h4-7,9H,8H2,1-3H3,(H,15,16)/b10-7+. The molecule has 0 fully saturated rings. The van der Waals surface area contributed by atoms with Gasteiger partial charge < -0.3 is 10.0 Å². The van der Waals surface area contributed by atoms with Crippen molar-refractivity contribution in [2.45, 2.75) is 13.3 Å². The van der Waals surface area contributed by atoms with Crippen LogP contribution in [0.15, 0.2) is 35.9 Å². The monoisotopic (exact) mass is 219 g/mol. The molecule has 0 saturated heterocycles. The fourth-order valence-corrected chi connectivity index (χ4v) is 1.32. The number of benzene rings is 1. The third kappa shape index (κ3) is 3.42. The largest absolute Gasteiger partial charge is 0.478 e. The Morgan fingerprint density at radius 2 is 2.12 bits per heavy atom. The van der Waals surface area contributed by atoms with Gasteiger partial charge in [0.25, 0.3) is 0 Å². The Morgan fingerprint density at radius 3 is 2.69 bits per heavy atom. The number of nitrogens with zero attached hydrogens (tertiary/aromatic N) is 1. The summed E-state index contributed by atoms with van der Waals surface area (Å²) < 4.78 is 0. The van der Waals surface area contributed by atoms with Crippen LogP contribution in [0.5, 0.6) is 0 Å². The predicted octanol–water partition coefficient (Wildman–Crippen LogP) is 2.33. The van der Waals surface area contributed by atoms with Gasteiger partial charge in [-0.2, -0.15) is 0 Å². The van der Waals surface area contributed by atoms with Crippen molar-refractivity contribution in [1.82, 2.24) is 0 Å². The summed E-state index contributed by atoms with van der Waals surface area (Å²) in [5.74, 6) is -0.858. The normalized spacial score (nSPS) is 11.3. The minimum Gasteiger partial charge on any atom is -0.478 e. The van der Waals surface area contributed by atoms with Crippen LogP contribution >= 0.6 is 0 Å². The van der Waals surface area contributed by atoms with E-state index in [-0.39, 0.29) is 0 Å². The summed E-state index contributed by atoms with van der Waals surface area (Å²) in [7, 11) is 3.97. The topological polar surface area (TPSA) is 40.5 Å². The molecule has 0 aliphatic heterocycles. The van der Waals surface area contributed by atoms with Crippen molar-refractivity contribution in [3.8, 4) is 0 Å². The fourth-order valence-electron chi connectivity index (χ4n) is 1.32. The Bertz CT molecular complexity index is 408. The van der Waals surface area contributed by atoms with E-state index in [1.54, 1.807) is 13.0 Å². The third-order valence-electron chi connectivity index (χ3n) is 2.41. The molecule has 0 radical (unpaired) electrons. The molecule has 0 heterocycles. The van der Waals surface area contributed by atoms with Gasteiger partial charge in [0.05, 0.1) is 0 Å². The van der Waals surface area contributed by atoms with Gasteiger partial charge in [-0.3, -0.25) is 0 Å². The van der Waals surface area contributed by atoms with Crippen molar-refractivity contribution < 1.29 is 9.90 Å². The lowest BCUT2D eigenvalue weighted by molar-refractivity contribution is -0.132. The smallest absolute Gasteiger partial charge is 0.330 e. The van der Waals surface area contributed by atoms with Gasteiger partial charge in [0.1, 0.15) is 0 Å². The fraction of sp³-hybridized carbons (Fsp3) is 0.308. The molecule has 0 spiro atoms. The first-order valence-corrected chi connectivity index (χ1v) is 5.17. The van der Waals surface area contributed by atoms with E-state index in [2.05, 4.69) is 6.07 Å². The predicted molar refractivity (Wildman–Crippen MR) is 65.9 cm³/mol. The lowest BCUT2D eigenvalue weighted by Gasteiger charge is -2.13. The summed E-state index contributed by atoms with van der Waals surface area (Å²) in [6, 6.07) is 8.07. The number of aliphatic carboxylic acids is 1. The highest BCUT2D eigenvalue weighted by Gasteiger charge is 2.00. The molecule has 3 nitrogen and oxygen atoms in total. The Kier molecular flexibility index (Phi) is 4.11. The first kappa shape index (κ1) is 12.3. The summed E-state index contributed by atoms with van der Waals surface area (Å²) in [4.78, 5) is 12.6. The van der Waals surface area contributed by atoms with Gasteiger partial charge in [0, 0.05) is 25.4 Å².